The van der Waals surface area contributed by atoms with Crippen LogP contribution in [0.3, 0.4) is 0 Å². The van der Waals surface area contributed by atoms with Crippen molar-refractivity contribution in [3.8, 4) is 6.07 Å². The van der Waals surface area contributed by atoms with Gasteiger partial charge in [0.15, 0.2) is 11.5 Å². The largest absolute Gasteiger partial charge is 0.462 e. The number of nitrogen functional groups attached to an aromatic ring is 1. The van der Waals surface area contributed by atoms with E-state index in [1.807, 2.05) is 6.07 Å². The van der Waals surface area contributed by atoms with Gasteiger partial charge in [-0.1, -0.05) is 0 Å². The summed E-state index contributed by atoms with van der Waals surface area (Å²) in [5.74, 6) is -0.542. The maximum absolute atomic E-state index is 16.4. The van der Waals surface area contributed by atoms with E-state index in [4.69, 9.17) is 24.3 Å². The van der Waals surface area contributed by atoms with Crippen molar-refractivity contribution < 1.29 is 32.3 Å². The summed E-state index contributed by atoms with van der Waals surface area (Å²) >= 11 is 0. The normalized spacial score (nSPS) is 34.7. The summed E-state index contributed by atoms with van der Waals surface area (Å²) in [7, 11) is -4.15. The topological polar surface area (TPSA) is 163 Å². The number of nitriles is 1. The van der Waals surface area contributed by atoms with Crippen molar-refractivity contribution in [3.63, 3.8) is 0 Å². The van der Waals surface area contributed by atoms with Crippen LogP contribution in [0.15, 0.2) is 18.5 Å². The predicted molar refractivity (Wildman–Crippen MR) is 111 cm³/mol. The van der Waals surface area contributed by atoms with E-state index in [0.717, 1.165) is 6.92 Å². The minimum absolute atomic E-state index is 0.0637. The van der Waals surface area contributed by atoms with Gasteiger partial charge in [-0.2, -0.15) is 10.4 Å². The molecule has 0 bridgehead atoms. The number of halogens is 1. The lowest BCUT2D eigenvalue weighted by molar-refractivity contribution is -0.149. The van der Waals surface area contributed by atoms with E-state index in [-0.39, 0.29) is 24.2 Å². The molecule has 12 nitrogen and oxygen atoms in total. The van der Waals surface area contributed by atoms with Gasteiger partial charge in [-0.3, -0.25) is 13.8 Å². The molecular formula is C19H24FN6O6P. The highest BCUT2D eigenvalue weighted by Gasteiger charge is 2.70. The third-order valence-corrected chi connectivity index (χ3v) is 7.30. The molecule has 4 rings (SSSR count). The lowest BCUT2D eigenvalue weighted by Gasteiger charge is -2.36. The number of nitrogens with one attached hydrogen (secondary N) is 1. The van der Waals surface area contributed by atoms with Crippen LogP contribution < -0.4 is 10.8 Å². The van der Waals surface area contributed by atoms with Gasteiger partial charge in [0.2, 0.25) is 5.60 Å². The molecule has 178 valence electrons. The number of fused-ring (bicyclic) bond motifs is 2. The molecule has 2 aliphatic rings. The average molecular weight is 482 g/mol. The molecule has 0 aromatic carbocycles. The molecule has 6 atom stereocenters. The number of hydrogen-bond donors (Lipinski definition) is 2. The lowest BCUT2D eigenvalue weighted by atomic mass is 9.82. The zero-order valence-corrected chi connectivity index (χ0v) is 19.3. The van der Waals surface area contributed by atoms with Crippen molar-refractivity contribution in [1.82, 2.24) is 19.7 Å². The number of hydrogen-bond acceptors (Lipinski definition) is 10. The Morgan fingerprint density at radius 1 is 1.48 bits per heavy atom. The molecule has 2 aliphatic heterocycles. The number of carbonyl (C=O) groups is 1. The molecule has 0 aliphatic carbocycles. The third-order valence-electron chi connectivity index (χ3n) is 5.61. The lowest BCUT2D eigenvalue weighted by Crippen LogP contribution is -2.51. The van der Waals surface area contributed by atoms with Crippen LogP contribution in [0.5, 0.6) is 0 Å². The molecule has 3 N–H and O–H groups in total. The molecule has 2 aromatic heterocycles. The highest BCUT2D eigenvalue weighted by Crippen LogP contribution is 2.59. The van der Waals surface area contributed by atoms with Crippen molar-refractivity contribution >= 4 is 25.1 Å². The number of aromatic nitrogens is 3. The molecular weight excluding hydrogens is 458 g/mol. The second-order valence-electron chi connectivity index (χ2n) is 8.34. The highest BCUT2D eigenvalue weighted by molar-refractivity contribution is 7.51. The van der Waals surface area contributed by atoms with Crippen LogP contribution in [-0.4, -0.2) is 57.2 Å². The van der Waals surface area contributed by atoms with Crippen molar-refractivity contribution in [2.24, 2.45) is 0 Å². The second-order valence-corrected chi connectivity index (χ2v) is 10.1. The van der Waals surface area contributed by atoms with Crippen molar-refractivity contribution in [2.75, 3.05) is 12.3 Å². The molecule has 2 saturated heterocycles. The summed E-state index contributed by atoms with van der Waals surface area (Å²) in [5, 5.41) is 16.6. The molecule has 6 unspecified atom stereocenters. The van der Waals surface area contributed by atoms with Gasteiger partial charge in [-0.05, 0) is 39.8 Å². The summed E-state index contributed by atoms with van der Waals surface area (Å²) in [6, 6.07) is 3.85. The number of ether oxygens (including phenoxy) is 2. The number of nitrogens with two attached hydrogens (primary N) is 1. The number of carbonyl (C=O) groups excluding carboxylic acids is 1. The molecule has 0 radical (unpaired) electrons. The van der Waals surface area contributed by atoms with Gasteiger partial charge < -0.3 is 15.2 Å². The first-order valence-electron chi connectivity index (χ1n) is 10.2. The molecule has 4 heterocycles. The van der Waals surface area contributed by atoms with Crippen molar-refractivity contribution in [2.45, 2.75) is 63.3 Å². The molecule has 33 heavy (non-hydrogen) atoms. The Balaban J connectivity index is 1.65. The number of anilines is 1. The molecule has 0 saturated carbocycles. The molecule has 2 fully saturated rings. The maximum Gasteiger partial charge on any atom is 0.406 e. The minimum Gasteiger partial charge on any atom is -0.462 e. The van der Waals surface area contributed by atoms with Crippen LogP contribution in [0.4, 0.5) is 10.2 Å². The summed E-state index contributed by atoms with van der Waals surface area (Å²) < 4.78 is 52.7. The van der Waals surface area contributed by atoms with Gasteiger partial charge in [0.25, 0.3) is 0 Å². The average Bonchev–Trinajstić information content (AvgIpc) is 3.26. The molecule has 14 heteroatoms. The van der Waals surface area contributed by atoms with E-state index in [2.05, 4.69) is 15.2 Å². The van der Waals surface area contributed by atoms with E-state index < -0.39 is 43.2 Å². The Labute approximate surface area is 188 Å². The number of rotatable bonds is 5. The summed E-state index contributed by atoms with van der Waals surface area (Å²) in [6.07, 6.45) is -1.74. The van der Waals surface area contributed by atoms with E-state index >= 15 is 4.39 Å². The molecule has 2 aromatic rings. The molecule has 0 amide bonds. The smallest absolute Gasteiger partial charge is 0.406 e. The predicted octanol–water partition coefficient (Wildman–Crippen LogP) is 1.61. The van der Waals surface area contributed by atoms with Crippen molar-refractivity contribution in [3.05, 3.63) is 24.2 Å². The quantitative estimate of drug-likeness (QED) is 0.470. The fourth-order valence-corrected chi connectivity index (χ4v) is 5.76. The second kappa shape index (κ2) is 8.00. The zero-order valence-electron chi connectivity index (χ0n) is 18.4. The first kappa shape index (κ1) is 23.5. The Kier molecular flexibility index (Phi) is 5.71. The Bertz CT molecular complexity index is 1180. The Morgan fingerprint density at radius 3 is 2.88 bits per heavy atom. The van der Waals surface area contributed by atoms with Crippen LogP contribution in [-0.2, 0) is 33.5 Å². The van der Waals surface area contributed by atoms with E-state index in [0.29, 0.717) is 5.52 Å². The van der Waals surface area contributed by atoms with Crippen LogP contribution in [0, 0.1) is 11.3 Å². The van der Waals surface area contributed by atoms with Crippen LogP contribution in [0.25, 0.3) is 5.52 Å². The van der Waals surface area contributed by atoms with Crippen LogP contribution in [0.2, 0.25) is 0 Å². The number of nitrogens with zero attached hydrogens (tertiary/aromatic N) is 4. The SMILES string of the molecule is CC(C)OC(=O)C(C)NP1(=O)OCC2OC(C#N)(c3ccc4c(N)ncnn34)C(C)(F)C2O1. The van der Waals surface area contributed by atoms with Gasteiger partial charge in [0.1, 0.15) is 36.2 Å². The summed E-state index contributed by atoms with van der Waals surface area (Å²) in [4.78, 5) is 16.0. The van der Waals surface area contributed by atoms with E-state index in [1.165, 1.54) is 29.9 Å². The van der Waals surface area contributed by atoms with Crippen molar-refractivity contribution in [1.29, 1.82) is 5.26 Å². The fraction of sp³-hybridized carbons (Fsp3) is 0.579. The van der Waals surface area contributed by atoms with Gasteiger partial charge in [0.05, 0.1) is 18.4 Å². The fourth-order valence-electron chi connectivity index (χ4n) is 4.01. The highest BCUT2D eigenvalue weighted by atomic mass is 31.2. The first-order chi connectivity index (χ1) is 15.4. The maximum atomic E-state index is 16.4. The minimum atomic E-state index is -4.15. The first-order valence-corrected chi connectivity index (χ1v) is 11.8. The number of esters is 1. The third kappa shape index (κ3) is 3.68. The summed E-state index contributed by atoms with van der Waals surface area (Å²) in [5.41, 5.74) is 1.60. The number of alkyl halides is 1. The monoisotopic (exact) mass is 482 g/mol. The van der Waals surface area contributed by atoms with Crippen LogP contribution in [0.1, 0.15) is 33.4 Å². The van der Waals surface area contributed by atoms with Crippen LogP contribution >= 0.6 is 7.75 Å². The van der Waals surface area contributed by atoms with Gasteiger partial charge in [-0.25, -0.2) is 23.5 Å². The summed E-state index contributed by atoms with van der Waals surface area (Å²) in [6.45, 7) is 5.53. The van der Waals surface area contributed by atoms with E-state index in [1.54, 1.807) is 13.8 Å². The Hall–Kier alpha value is -2.62. The molecule has 0 spiro atoms. The Morgan fingerprint density at radius 2 is 2.21 bits per heavy atom. The van der Waals surface area contributed by atoms with Gasteiger partial charge >= 0.3 is 13.7 Å². The van der Waals surface area contributed by atoms with E-state index in [9.17, 15) is 14.6 Å². The zero-order chi connectivity index (χ0) is 24.2. The standard InChI is InChI=1S/C19H24FN6O6P/c1-10(2)30-17(27)11(3)25-33(28)29-7-13-15(32-33)18(4,20)19(8-21,31-13)14-6-5-12-16(22)23-9-24-26(12)14/h5-6,9-11,13,15H,7H2,1-4H3,(H,25,28)(H2,22,23,24). The van der Waals surface area contributed by atoms with Gasteiger partial charge in [-0.15, -0.1) is 0 Å². The van der Waals surface area contributed by atoms with Gasteiger partial charge in [0, 0.05) is 0 Å².